The zero-order valence-corrected chi connectivity index (χ0v) is 14.1. The summed E-state index contributed by atoms with van der Waals surface area (Å²) in [5.41, 5.74) is 1.11. The minimum absolute atomic E-state index is 0.773. The van der Waals surface area contributed by atoms with Gasteiger partial charge in [-0.3, -0.25) is 0 Å². The molecule has 0 unspecified atom stereocenters. The van der Waals surface area contributed by atoms with Crippen LogP contribution in [0, 0.1) is 0 Å². The van der Waals surface area contributed by atoms with E-state index >= 15 is 0 Å². The Morgan fingerprint density at radius 2 is 2.05 bits per heavy atom. The third-order valence-electron chi connectivity index (χ3n) is 2.78. The average Bonchev–Trinajstić information content (AvgIpc) is 2.46. The maximum atomic E-state index is 4.63. The van der Waals surface area contributed by atoms with Gasteiger partial charge in [0.15, 0.2) is 0 Å². The highest BCUT2D eigenvalue weighted by Gasteiger charge is 2.06. The summed E-state index contributed by atoms with van der Waals surface area (Å²) in [4.78, 5) is 10.4. The van der Waals surface area contributed by atoms with E-state index in [4.69, 9.17) is 0 Å². The van der Waals surface area contributed by atoms with Crippen molar-refractivity contribution in [2.45, 2.75) is 30.4 Å². The molecular formula is C15H18BrN3S. The van der Waals surface area contributed by atoms with Crippen molar-refractivity contribution in [3.63, 3.8) is 0 Å². The SMILES string of the molecule is CCCc1cc(NC)nc(CSc2ccccc2Br)n1. The number of hydrogen-bond donors (Lipinski definition) is 1. The molecule has 0 radical (unpaired) electrons. The number of rotatable bonds is 6. The molecule has 0 saturated carbocycles. The van der Waals surface area contributed by atoms with E-state index in [0.29, 0.717) is 0 Å². The van der Waals surface area contributed by atoms with Crippen molar-refractivity contribution < 1.29 is 0 Å². The Bertz CT molecular complexity index is 575. The number of hydrogen-bond acceptors (Lipinski definition) is 4. The molecule has 0 aliphatic heterocycles. The summed E-state index contributed by atoms with van der Waals surface area (Å²) in [7, 11) is 1.89. The van der Waals surface area contributed by atoms with Gasteiger partial charge >= 0.3 is 0 Å². The van der Waals surface area contributed by atoms with Gasteiger partial charge in [-0.1, -0.05) is 25.5 Å². The molecule has 2 aromatic rings. The highest BCUT2D eigenvalue weighted by atomic mass is 79.9. The highest BCUT2D eigenvalue weighted by Crippen LogP contribution is 2.29. The third-order valence-corrected chi connectivity index (χ3v) is 4.80. The summed E-state index contributed by atoms with van der Waals surface area (Å²) in [5, 5.41) is 3.11. The van der Waals surface area contributed by atoms with Crippen molar-refractivity contribution in [2.24, 2.45) is 0 Å². The lowest BCUT2D eigenvalue weighted by atomic mass is 10.2. The molecule has 0 spiro atoms. The average molecular weight is 352 g/mol. The quantitative estimate of drug-likeness (QED) is 0.776. The second kappa shape index (κ2) is 7.64. The molecule has 2 rings (SSSR count). The summed E-state index contributed by atoms with van der Waals surface area (Å²) in [6.07, 6.45) is 2.08. The lowest BCUT2D eigenvalue weighted by Gasteiger charge is -2.08. The van der Waals surface area contributed by atoms with E-state index in [0.717, 1.165) is 40.4 Å². The number of benzene rings is 1. The second-order valence-corrected chi connectivity index (χ2v) is 6.25. The van der Waals surface area contributed by atoms with E-state index in [-0.39, 0.29) is 0 Å². The minimum Gasteiger partial charge on any atom is -0.373 e. The summed E-state index contributed by atoms with van der Waals surface area (Å²) in [6, 6.07) is 10.2. The van der Waals surface area contributed by atoms with Crippen LogP contribution in [0.4, 0.5) is 5.82 Å². The van der Waals surface area contributed by atoms with Crippen LogP contribution in [-0.2, 0) is 12.2 Å². The predicted molar refractivity (Wildman–Crippen MR) is 89.3 cm³/mol. The van der Waals surface area contributed by atoms with Gasteiger partial charge in [0.05, 0.1) is 5.75 Å². The molecular weight excluding hydrogens is 334 g/mol. The first kappa shape index (κ1) is 15.3. The van der Waals surface area contributed by atoms with E-state index in [1.54, 1.807) is 11.8 Å². The fourth-order valence-corrected chi connectivity index (χ4v) is 3.26. The van der Waals surface area contributed by atoms with Gasteiger partial charge in [0.25, 0.3) is 0 Å². The van der Waals surface area contributed by atoms with Crippen molar-refractivity contribution in [3.05, 3.63) is 46.3 Å². The molecule has 0 fully saturated rings. The number of anilines is 1. The minimum atomic E-state index is 0.773. The number of halogens is 1. The van der Waals surface area contributed by atoms with E-state index in [9.17, 15) is 0 Å². The lowest BCUT2D eigenvalue weighted by Crippen LogP contribution is -2.02. The Morgan fingerprint density at radius 3 is 2.75 bits per heavy atom. The molecule has 1 N–H and O–H groups in total. The fourth-order valence-electron chi connectivity index (χ4n) is 1.83. The standard InChI is InChI=1S/C15H18BrN3S/c1-3-6-11-9-14(17-2)19-15(18-11)10-20-13-8-5-4-7-12(13)16/h4-5,7-9H,3,6,10H2,1-2H3,(H,17,18,19). The van der Waals surface area contributed by atoms with Gasteiger partial charge in [0, 0.05) is 28.2 Å². The Morgan fingerprint density at radius 1 is 1.25 bits per heavy atom. The molecule has 1 heterocycles. The van der Waals surface area contributed by atoms with Crippen molar-refractivity contribution >= 4 is 33.5 Å². The van der Waals surface area contributed by atoms with Crippen LogP contribution in [0.15, 0.2) is 39.7 Å². The second-order valence-electron chi connectivity index (χ2n) is 4.38. The third kappa shape index (κ3) is 4.21. The normalized spacial score (nSPS) is 10.6. The van der Waals surface area contributed by atoms with Gasteiger partial charge in [0.1, 0.15) is 11.6 Å². The summed E-state index contributed by atoms with van der Waals surface area (Å²) in [6.45, 7) is 2.16. The monoisotopic (exact) mass is 351 g/mol. The smallest absolute Gasteiger partial charge is 0.141 e. The number of aromatic nitrogens is 2. The molecule has 0 atom stereocenters. The first-order chi connectivity index (χ1) is 9.72. The number of nitrogens with zero attached hydrogens (tertiary/aromatic N) is 2. The van der Waals surface area contributed by atoms with Crippen molar-refractivity contribution in [1.29, 1.82) is 0 Å². The van der Waals surface area contributed by atoms with Gasteiger partial charge < -0.3 is 5.32 Å². The van der Waals surface area contributed by atoms with Crippen LogP contribution in [0.2, 0.25) is 0 Å². The summed E-state index contributed by atoms with van der Waals surface area (Å²) < 4.78 is 1.11. The molecule has 0 bridgehead atoms. The number of thioether (sulfide) groups is 1. The summed E-state index contributed by atoms with van der Waals surface area (Å²) >= 11 is 5.31. The number of aryl methyl sites for hydroxylation is 1. The van der Waals surface area contributed by atoms with E-state index in [1.165, 1.54) is 4.90 Å². The van der Waals surface area contributed by atoms with Crippen molar-refractivity contribution in [3.8, 4) is 0 Å². The van der Waals surface area contributed by atoms with Crippen LogP contribution in [0.25, 0.3) is 0 Å². The van der Waals surface area contributed by atoms with Gasteiger partial charge in [-0.05, 0) is 34.5 Å². The molecule has 1 aromatic heterocycles. The zero-order valence-electron chi connectivity index (χ0n) is 11.7. The van der Waals surface area contributed by atoms with Crippen LogP contribution in [-0.4, -0.2) is 17.0 Å². The molecule has 20 heavy (non-hydrogen) atoms. The highest BCUT2D eigenvalue weighted by molar-refractivity contribution is 9.10. The molecule has 106 valence electrons. The Hall–Kier alpha value is -1.07. The van der Waals surface area contributed by atoms with Gasteiger partial charge in [-0.15, -0.1) is 11.8 Å². The van der Waals surface area contributed by atoms with Crippen LogP contribution < -0.4 is 5.32 Å². The Balaban J connectivity index is 2.12. The largest absolute Gasteiger partial charge is 0.373 e. The van der Waals surface area contributed by atoms with Crippen LogP contribution in [0.5, 0.6) is 0 Å². The molecule has 1 aromatic carbocycles. The first-order valence-electron chi connectivity index (χ1n) is 6.65. The molecule has 0 aliphatic carbocycles. The fraction of sp³-hybridized carbons (Fsp3) is 0.333. The van der Waals surface area contributed by atoms with Crippen LogP contribution >= 0.6 is 27.7 Å². The van der Waals surface area contributed by atoms with Crippen LogP contribution in [0.1, 0.15) is 24.9 Å². The predicted octanol–water partition coefficient (Wildman–Crippen LogP) is 4.53. The van der Waals surface area contributed by atoms with E-state index < -0.39 is 0 Å². The number of nitrogens with one attached hydrogen (secondary N) is 1. The van der Waals surface area contributed by atoms with Gasteiger partial charge in [-0.2, -0.15) is 0 Å². The first-order valence-corrected chi connectivity index (χ1v) is 8.42. The van der Waals surface area contributed by atoms with Gasteiger partial charge in [0.2, 0.25) is 0 Å². The van der Waals surface area contributed by atoms with E-state index in [2.05, 4.69) is 50.3 Å². The molecule has 0 amide bonds. The summed E-state index contributed by atoms with van der Waals surface area (Å²) in [5.74, 6) is 2.54. The van der Waals surface area contributed by atoms with Crippen LogP contribution in [0.3, 0.4) is 0 Å². The molecule has 0 aliphatic rings. The van der Waals surface area contributed by atoms with Crippen molar-refractivity contribution in [1.82, 2.24) is 9.97 Å². The topological polar surface area (TPSA) is 37.8 Å². The molecule has 0 saturated heterocycles. The zero-order chi connectivity index (χ0) is 14.4. The molecule has 5 heteroatoms. The Kier molecular flexibility index (Phi) is 5.86. The molecule has 3 nitrogen and oxygen atoms in total. The van der Waals surface area contributed by atoms with E-state index in [1.807, 2.05) is 25.2 Å². The maximum Gasteiger partial charge on any atom is 0.141 e. The van der Waals surface area contributed by atoms with Crippen molar-refractivity contribution in [2.75, 3.05) is 12.4 Å². The van der Waals surface area contributed by atoms with Gasteiger partial charge in [-0.25, -0.2) is 9.97 Å². The maximum absolute atomic E-state index is 4.63. The lowest BCUT2D eigenvalue weighted by molar-refractivity contribution is 0.855. The Labute approximate surface area is 132 Å².